The third kappa shape index (κ3) is 1.42. The van der Waals surface area contributed by atoms with Gasteiger partial charge in [0.1, 0.15) is 5.58 Å². The number of furan rings is 1. The van der Waals surface area contributed by atoms with Crippen molar-refractivity contribution >= 4 is 17.3 Å². The van der Waals surface area contributed by atoms with E-state index in [-0.39, 0.29) is 0 Å². The lowest BCUT2D eigenvalue weighted by molar-refractivity contribution is 0.112. The maximum Gasteiger partial charge on any atom is 0.153 e. The van der Waals surface area contributed by atoms with Gasteiger partial charge in [0.15, 0.2) is 12.1 Å². The average Bonchev–Trinajstić information content (AvgIpc) is 2.95. The lowest BCUT2D eigenvalue weighted by Gasteiger charge is -2.03. The summed E-state index contributed by atoms with van der Waals surface area (Å²) in [6.07, 6.45) is 2.31. The molecule has 0 aliphatic carbocycles. The van der Waals surface area contributed by atoms with Crippen LogP contribution in [0.4, 0.5) is 0 Å². The van der Waals surface area contributed by atoms with Gasteiger partial charge in [0.05, 0.1) is 17.5 Å². The molecule has 2 heterocycles. The Labute approximate surface area is 95.8 Å². The molecule has 0 radical (unpaired) electrons. The number of aromatic nitrogens is 4. The summed E-state index contributed by atoms with van der Waals surface area (Å²) < 4.78 is 6.82. The molecule has 0 atom stereocenters. The predicted molar refractivity (Wildman–Crippen MR) is 59.1 cm³/mol. The molecule has 0 N–H and O–H groups in total. The molecule has 6 heteroatoms. The molecule has 0 saturated heterocycles. The Morgan fingerprint density at radius 3 is 3.00 bits per heavy atom. The molecule has 84 valence electrons. The molecule has 0 aliphatic rings. The van der Waals surface area contributed by atoms with E-state index in [1.807, 2.05) is 6.07 Å². The van der Waals surface area contributed by atoms with E-state index in [2.05, 4.69) is 15.5 Å². The molecule has 0 saturated carbocycles. The predicted octanol–water partition coefficient (Wildman–Crippen LogP) is 1.53. The van der Waals surface area contributed by atoms with Gasteiger partial charge in [-0.15, -0.1) is 5.10 Å². The van der Waals surface area contributed by atoms with E-state index in [4.69, 9.17) is 4.42 Å². The molecule has 0 bridgehead atoms. The van der Waals surface area contributed by atoms with E-state index in [1.165, 1.54) is 0 Å². The second-order valence-electron chi connectivity index (χ2n) is 3.63. The first-order valence-corrected chi connectivity index (χ1v) is 5.01. The van der Waals surface area contributed by atoms with Crippen LogP contribution in [0.2, 0.25) is 0 Å². The van der Waals surface area contributed by atoms with Gasteiger partial charge in [-0.2, -0.15) is 4.68 Å². The molecule has 1 aromatic carbocycles. The first-order valence-electron chi connectivity index (χ1n) is 5.01. The normalized spacial score (nSPS) is 10.9. The molecule has 17 heavy (non-hydrogen) atoms. The van der Waals surface area contributed by atoms with Crippen molar-refractivity contribution in [2.24, 2.45) is 0 Å². The zero-order valence-corrected chi connectivity index (χ0v) is 8.99. The van der Waals surface area contributed by atoms with E-state index in [1.54, 1.807) is 30.0 Å². The molecule has 0 unspecified atom stereocenters. The highest BCUT2D eigenvalue weighted by Crippen LogP contribution is 2.23. The highest BCUT2D eigenvalue weighted by Gasteiger charge is 2.10. The number of carbonyl (C=O) groups is 1. The summed E-state index contributed by atoms with van der Waals surface area (Å²) in [7, 11) is 0. The van der Waals surface area contributed by atoms with Crippen molar-refractivity contribution in [1.29, 1.82) is 0 Å². The minimum absolute atomic E-state index is 0.484. The van der Waals surface area contributed by atoms with E-state index in [0.29, 0.717) is 17.0 Å². The first kappa shape index (κ1) is 9.71. The van der Waals surface area contributed by atoms with Crippen LogP contribution in [0.3, 0.4) is 0 Å². The third-order valence-corrected chi connectivity index (χ3v) is 2.56. The van der Waals surface area contributed by atoms with Crippen molar-refractivity contribution in [3.05, 3.63) is 35.9 Å². The number of carbonyl (C=O) groups excluding carboxylic acids is 1. The van der Waals surface area contributed by atoms with Crippen LogP contribution in [0, 0.1) is 6.92 Å². The second kappa shape index (κ2) is 3.51. The molecule has 0 spiro atoms. The van der Waals surface area contributed by atoms with Crippen molar-refractivity contribution in [3.63, 3.8) is 0 Å². The Bertz CT molecular complexity index is 698. The van der Waals surface area contributed by atoms with Crippen molar-refractivity contribution < 1.29 is 9.21 Å². The molecule has 3 aromatic rings. The quantitative estimate of drug-likeness (QED) is 0.622. The summed E-state index contributed by atoms with van der Waals surface area (Å²) in [5.41, 5.74) is 1.80. The fourth-order valence-corrected chi connectivity index (χ4v) is 1.77. The first-order chi connectivity index (χ1) is 8.29. The molecule has 0 aliphatic heterocycles. The fraction of sp³-hybridized carbons (Fsp3) is 0.0909. The lowest BCUT2D eigenvalue weighted by Crippen LogP contribution is -2.00. The standard InChI is InChI=1S/C11H8N4O2/c1-7-12-13-14-15(7)10-4-8-2-3-17-11(8)9(5-10)6-16/h2-6H,1H3. The van der Waals surface area contributed by atoms with E-state index >= 15 is 0 Å². The summed E-state index contributed by atoms with van der Waals surface area (Å²) in [5, 5.41) is 12.1. The summed E-state index contributed by atoms with van der Waals surface area (Å²) in [6.45, 7) is 1.79. The molecule has 6 nitrogen and oxygen atoms in total. The number of nitrogens with zero attached hydrogens (tertiary/aromatic N) is 4. The Balaban J connectivity index is 2.31. The molecule has 0 fully saturated rings. The number of fused-ring (bicyclic) bond motifs is 1. The molecule has 0 amide bonds. The number of hydrogen-bond acceptors (Lipinski definition) is 5. The number of tetrazole rings is 1. The van der Waals surface area contributed by atoms with Gasteiger partial charge < -0.3 is 4.42 Å². The van der Waals surface area contributed by atoms with Crippen LogP contribution in [0.15, 0.2) is 28.9 Å². The number of benzene rings is 1. The van der Waals surface area contributed by atoms with Crippen molar-refractivity contribution in [1.82, 2.24) is 20.2 Å². The maximum atomic E-state index is 11.0. The monoisotopic (exact) mass is 228 g/mol. The van der Waals surface area contributed by atoms with Crippen molar-refractivity contribution in [3.8, 4) is 5.69 Å². The smallest absolute Gasteiger partial charge is 0.153 e. The lowest BCUT2D eigenvalue weighted by atomic mass is 10.1. The average molecular weight is 228 g/mol. The molecule has 2 aromatic heterocycles. The SMILES string of the molecule is Cc1nnnn1-c1cc(C=O)c2occc2c1. The van der Waals surface area contributed by atoms with Gasteiger partial charge in [0, 0.05) is 5.39 Å². The highest BCUT2D eigenvalue weighted by molar-refractivity contribution is 5.96. The number of aryl methyl sites for hydroxylation is 1. The molecular weight excluding hydrogens is 220 g/mol. The second-order valence-corrected chi connectivity index (χ2v) is 3.63. The van der Waals surface area contributed by atoms with E-state index in [0.717, 1.165) is 17.4 Å². The summed E-state index contributed by atoms with van der Waals surface area (Å²) in [4.78, 5) is 11.0. The molecular formula is C11H8N4O2. The van der Waals surface area contributed by atoms with Gasteiger partial charge in [0.25, 0.3) is 0 Å². The van der Waals surface area contributed by atoms with Crippen LogP contribution in [0.1, 0.15) is 16.2 Å². The van der Waals surface area contributed by atoms with Crippen molar-refractivity contribution in [2.45, 2.75) is 6.92 Å². The third-order valence-electron chi connectivity index (χ3n) is 2.56. The van der Waals surface area contributed by atoms with E-state index in [9.17, 15) is 4.79 Å². The van der Waals surface area contributed by atoms with Gasteiger partial charge in [0.2, 0.25) is 0 Å². The fourth-order valence-electron chi connectivity index (χ4n) is 1.77. The van der Waals surface area contributed by atoms with Crippen molar-refractivity contribution in [2.75, 3.05) is 0 Å². The topological polar surface area (TPSA) is 73.8 Å². The minimum Gasteiger partial charge on any atom is -0.464 e. The van der Waals surface area contributed by atoms with Crippen LogP contribution < -0.4 is 0 Å². The highest BCUT2D eigenvalue weighted by atomic mass is 16.3. The summed E-state index contributed by atoms with van der Waals surface area (Å²) in [5.74, 6) is 0.657. The Hall–Kier alpha value is -2.50. The summed E-state index contributed by atoms with van der Waals surface area (Å²) in [6, 6.07) is 5.36. The largest absolute Gasteiger partial charge is 0.464 e. The van der Waals surface area contributed by atoms with Crippen LogP contribution in [0.25, 0.3) is 16.7 Å². The maximum absolute atomic E-state index is 11.0. The Kier molecular flexibility index (Phi) is 2.01. The van der Waals surface area contributed by atoms with Crippen LogP contribution in [-0.4, -0.2) is 26.5 Å². The van der Waals surface area contributed by atoms with Crippen LogP contribution in [-0.2, 0) is 0 Å². The van der Waals surface area contributed by atoms with Crippen LogP contribution in [0.5, 0.6) is 0 Å². The van der Waals surface area contributed by atoms with Crippen LogP contribution >= 0.6 is 0 Å². The van der Waals surface area contributed by atoms with Gasteiger partial charge in [-0.3, -0.25) is 4.79 Å². The Morgan fingerprint density at radius 2 is 2.29 bits per heavy atom. The van der Waals surface area contributed by atoms with E-state index < -0.39 is 0 Å². The minimum atomic E-state index is 0.484. The van der Waals surface area contributed by atoms with Gasteiger partial charge >= 0.3 is 0 Å². The zero-order valence-electron chi connectivity index (χ0n) is 8.99. The number of rotatable bonds is 2. The number of aldehydes is 1. The molecule has 3 rings (SSSR count). The zero-order chi connectivity index (χ0) is 11.8. The van der Waals surface area contributed by atoms with Gasteiger partial charge in [-0.1, -0.05) is 0 Å². The van der Waals surface area contributed by atoms with Gasteiger partial charge in [-0.05, 0) is 35.5 Å². The van der Waals surface area contributed by atoms with Gasteiger partial charge in [-0.25, -0.2) is 0 Å². The summed E-state index contributed by atoms with van der Waals surface area (Å²) >= 11 is 0. The number of hydrogen-bond donors (Lipinski definition) is 0. The Morgan fingerprint density at radius 1 is 1.41 bits per heavy atom.